The molecule has 0 bridgehead atoms. The molecule has 1 aromatic carbocycles. The smallest absolute Gasteiger partial charge is 0.205 e. The number of nitrogens with zero attached hydrogens (tertiary/aromatic N) is 1. The van der Waals surface area contributed by atoms with Crippen molar-refractivity contribution in [1.29, 1.82) is 0 Å². The third kappa shape index (κ3) is 2.33. The monoisotopic (exact) mass is 247 g/mol. The molecule has 3 nitrogen and oxygen atoms in total. The van der Waals surface area contributed by atoms with Gasteiger partial charge >= 0.3 is 0 Å². The Bertz CT molecular complexity index is 429. The van der Waals surface area contributed by atoms with E-state index in [9.17, 15) is 5.11 Å². The van der Waals surface area contributed by atoms with Gasteiger partial charge in [-0.05, 0) is 18.9 Å². The van der Waals surface area contributed by atoms with Crippen LogP contribution in [0.15, 0.2) is 35.3 Å². The van der Waals surface area contributed by atoms with Gasteiger partial charge in [0.25, 0.3) is 0 Å². The molecule has 1 aromatic rings. The van der Waals surface area contributed by atoms with Crippen LogP contribution in [0.3, 0.4) is 0 Å². The molecule has 0 saturated carbocycles. The zero-order valence-electron chi connectivity index (χ0n) is 11.3. The number of rotatable bonds is 3. The summed E-state index contributed by atoms with van der Waals surface area (Å²) in [4.78, 5) is 4.62. The Labute approximate surface area is 109 Å². The van der Waals surface area contributed by atoms with Crippen molar-refractivity contribution in [1.82, 2.24) is 0 Å². The largest absolute Gasteiger partial charge is 0.361 e. The highest BCUT2D eigenvalue weighted by Crippen LogP contribution is 2.35. The van der Waals surface area contributed by atoms with Crippen LogP contribution in [-0.4, -0.2) is 22.6 Å². The molecule has 3 atom stereocenters. The number of aliphatic imine (C=N–C) groups is 1. The Balaban J connectivity index is 2.34. The molecular weight excluding hydrogens is 226 g/mol. The minimum atomic E-state index is -1.21. The highest BCUT2D eigenvalue weighted by molar-refractivity contribution is 5.91. The Kier molecular flexibility index (Phi) is 3.83. The lowest BCUT2D eigenvalue weighted by Crippen LogP contribution is -2.47. The molecule has 1 heterocycles. The predicted molar refractivity (Wildman–Crippen MR) is 72.7 cm³/mol. The van der Waals surface area contributed by atoms with Crippen LogP contribution in [0.5, 0.6) is 0 Å². The summed E-state index contributed by atoms with van der Waals surface area (Å²) in [5.74, 6) is -1.21. The first kappa shape index (κ1) is 13.2. The van der Waals surface area contributed by atoms with Gasteiger partial charge in [0.05, 0.1) is 11.8 Å². The summed E-state index contributed by atoms with van der Waals surface area (Å²) >= 11 is 0. The number of hydrogen-bond donors (Lipinski definition) is 1. The fourth-order valence-corrected chi connectivity index (χ4v) is 2.44. The normalized spacial score (nSPS) is 32.1. The first-order valence-electron chi connectivity index (χ1n) is 6.63. The molecule has 3 heteroatoms. The van der Waals surface area contributed by atoms with Crippen molar-refractivity contribution in [3.63, 3.8) is 0 Å². The fourth-order valence-electron chi connectivity index (χ4n) is 2.44. The molecular formula is C15H21NO2. The van der Waals surface area contributed by atoms with E-state index < -0.39 is 5.79 Å². The topological polar surface area (TPSA) is 41.8 Å². The molecule has 0 aliphatic carbocycles. The Hall–Kier alpha value is -1.19. The van der Waals surface area contributed by atoms with E-state index in [1.54, 1.807) is 0 Å². The van der Waals surface area contributed by atoms with Crippen molar-refractivity contribution < 1.29 is 9.84 Å². The lowest BCUT2D eigenvalue weighted by molar-refractivity contribution is -0.198. The quantitative estimate of drug-likeness (QED) is 0.891. The van der Waals surface area contributed by atoms with Gasteiger partial charge in [-0.15, -0.1) is 0 Å². The van der Waals surface area contributed by atoms with Gasteiger partial charge in [0.1, 0.15) is 6.10 Å². The average molecular weight is 247 g/mol. The maximum Gasteiger partial charge on any atom is 0.205 e. The predicted octanol–water partition coefficient (Wildman–Crippen LogP) is 3.10. The minimum Gasteiger partial charge on any atom is -0.361 e. The summed E-state index contributed by atoms with van der Waals surface area (Å²) in [5, 5.41) is 10.5. The summed E-state index contributed by atoms with van der Waals surface area (Å²) in [6.45, 7) is 5.95. The highest BCUT2D eigenvalue weighted by Gasteiger charge is 2.40. The van der Waals surface area contributed by atoms with E-state index in [0.717, 1.165) is 17.7 Å². The third-order valence-corrected chi connectivity index (χ3v) is 3.51. The van der Waals surface area contributed by atoms with E-state index in [1.165, 1.54) is 0 Å². The van der Waals surface area contributed by atoms with Crippen LogP contribution in [0.4, 0.5) is 0 Å². The molecule has 2 rings (SSSR count). The molecule has 0 unspecified atom stereocenters. The van der Waals surface area contributed by atoms with E-state index in [1.807, 2.05) is 51.1 Å². The molecule has 0 radical (unpaired) electrons. The summed E-state index contributed by atoms with van der Waals surface area (Å²) in [6.07, 6.45) is 1.07. The van der Waals surface area contributed by atoms with Crippen molar-refractivity contribution >= 4 is 5.71 Å². The van der Waals surface area contributed by atoms with Gasteiger partial charge in [-0.3, -0.25) is 4.99 Å². The Morgan fingerprint density at radius 2 is 1.94 bits per heavy atom. The van der Waals surface area contributed by atoms with Crippen LogP contribution in [0, 0.1) is 0 Å². The van der Waals surface area contributed by atoms with Crippen molar-refractivity contribution in [3.8, 4) is 0 Å². The van der Waals surface area contributed by atoms with E-state index in [2.05, 4.69) is 4.99 Å². The first-order chi connectivity index (χ1) is 8.60. The molecule has 0 saturated heterocycles. The van der Waals surface area contributed by atoms with Crippen LogP contribution in [-0.2, 0) is 4.74 Å². The summed E-state index contributed by atoms with van der Waals surface area (Å²) in [7, 11) is 0. The second-order valence-corrected chi connectivity index (χ2v) is 4.76. The van der Waals surface area contributed by atoms with Gasteiger partial charge in [0, 0.05) is 6.42 Å². The SMILES string of the molecule is CCC1=N[C@H](C)[C@@H](c2ccccc2)O[C@@]1(O)CC. The van der Waals surface area contributed by atoms with Crippen molar-refractivity contribution in [3.05, 3.63) is 35.9 Å². The third-order valence-electron chi connectivity index (χ3n) is 3.51. The zero-order valence-corrected chi connectivity index (χ0v) is 11.3. The second kappa shape index (κ2) is 5.21. The average Bonchev–Trinajstić information content (AvgIpc) is 2.42. The summed E-state index contributed by atoms with van der Waals surface area (Å²) in [6, 6.07) is 10.0. The van der Waals surface area contributed by atoms with Crippen LogP contribution in [0.2, 0.25) is 0 Å². The molecule has 18 heavy (non-hydrogen) atoms. The van der Waals surface area contributed by atoms with Crippen molar-refractivity contribution in [2.75, 3.05) is 0 Å². The Morgan fingerprint density at radius 1 is 1.28 bits per heavy atom. The molecule has 0 amide bonds. The second-order valence-electron chi connectivity index (χ2n) is 4.76. The highest BCUT2D eigenvalue weighted by atomic mass is 16.6. The standard InChI is InChI=1S/C15H21NO2/c1-4-13-15(17,5-2)18-14(11(3)16-13)12-9-7-6-8-10-12/h6-11,14,17H,4-5H2,1-3H3/t11-,14+,15+/m1/s1. The molecule has 1 aliphatic rings. The van der Waals surface area contributed by atoms with E-state index in [0.29, 0.717) is 6.42 Å². The van der Waals surface area contributed by atoms with Gasteiger partial charge in [0.15, 0.2) is 0 Å². The fraction of sp³-hybridized carbons (Fsp3) is 0.533. The summed E-state index contributed by atoms with van der Waals surface area (Å²) < 4.78 is 5.95. The van der Waals surface area contributed by atoms with Crippen LogP contribution >= 0.6 is 0 Å². The van der Waals surface area contributed by atoms with Crippen LogP contribution < -0.4 is 0 Å². The van der Waals surface area contributed by atoms with Gasteiger partial charge in [0.2, 0.25) is 5.79 Å². The lowest BCUT2D eigenvalue weighted by Gasteiger charge is -2.39. The molecule has 0 aromatic heterocycles. The van der Waals surface area contributed by atoms with Crippen molar-refractivity contribution in [2.45, 2.75) is 51.5 Å². The molecule has 98 valence electrons. The van der Waals surface area contributed by atoms with Gasteiger partial charge in [-0.2, -0.15) is 0 Å². The number of aliphatic hydroxyl groups is 1. The van der Waals surface area contributed by atoms with Crippen LogP contribution in [0.25, 0.3) is 0 Å². The minimum absolute atomic E-state index is 0.0363. The first-order valence-corrected chi connectivity index (χ1v) is 6.63. The molecule has 1 N–H and O–H groups in total. The van der Waals surface area contributed by atoms with E-state index >= 15 is 0 Å². The zero-order chi connectivity index (χ0) is 13.2. The summed E-state index contributed by atoms with van der Waals surface area (Å²) in [5.41, 5.74) is 1.82. The molecule has 0 spiro atoms. The van der Waals surface area contributed by atoms with E-state index in [4.69, 9.17) is 4.74 Å². The maximum absolute atomic E-state index is 10.5. The van der Waals surface area contributed by atoms with Gasteiger partial charge in [-0.25, -0.2) is 0 Å². The lowest BCUT2D eigenvalue weighted by atomic mass is 9.97. The molecule has 1 aliphatic heterocycles. The number of ether oxygens (including phenoxy) is 1. The van der Waals surface area contributed by atoms with Gasteiger partial charge < -0.3 is 9.84 Å². The van der Waals surface area contributed by atoms with Gasteiger partial charge in [-0.1, -0.05) is 44.2 Å². The number of benzene rings is 1. The van der Waals surface area contributed by atoms with Crippen molar-refractivity contribution in [2.24, 2.45) is 4.99 Å². The van der Waals surface area contributed by atoms with Crippen LogP contribution in [0.1, 0.15) is 45.3 Å². The maximum atomic E-state index is 10.5. The van der Waals surface area contributed by atoms with E-state index in [-0.39, 0.29) is 12.1 Å². The molecule has 0 fully saturated rings. The Morgan fingerprint density at radius 3 is 2.50 bits per heavy atom. The number of hydrogen-bond acceptors (Lipinski definition) is 3.